The molecule has 1 aliphatic rings. The maximum absolute atomic E-state index is 12.8. The predicted octanol–water partition coefficient (Wildman–Crippen LogP) is 15.1. The summed E-state index contributed by atoms with van der Waals surface area (Å²) in [6, 6.07) is 38.8. The highest BCUT2D eigenvalue weighted by atomic mass is 16.6. The number of aliphatic hydroxyl groups excluding tert-OH is 1. The Morgan fingerprint density at radius 1 is 0.583 bits per heavy atom. The molecule has 8 aromatic rings. The fraction of sp³-hybridized carbons (Fsp3) is 0.346. The zero-order valence-electron chi connectivity index (χ0n) is 57.1. The van der Waals surface area contributed by atoms with Gasteiger partial charge in [0.1, 0.15) is 36.4 Å². The number of hydrogen-bond donors (Lipinski definition) is 3. The molecule has 0 spiro atoms. The lowest BCUT2D eigenvalue weighted by Gasteiger charge is -2.24. The van der Waals surface area contributed by atoms with Crippen molar-refractivity contribution in [2.45, 2.75) is 111 Å². The summed E-state index contributed by atoms with van der Waals surface area (Å²) in [6.45, 7) is 38.8. The van der Waals surface area contributed by atoms with Crippen molar-refractivity contribution in [3.05, 3.63) is 218 Å². The lowest BCUT2D eigenvalue weighted by atomic mass is 9.98. The average Bonchev–Trinajstić information content (AvgIpc) is 1.64. The minimum absolute atomic E-state index is 0.0396. The van der Waals surface area contributed by atoms with Crippen LogP contribution in [-0.4, -0.2) is 146 Å². The van der Waals surface area contributed by atoms with Crippen LogP contribution >= 0.6 is 0 Å². The summed E-state index contributed by atoms with van der Waals surface area (Å²) >= 11 is 0. The molecule has 3 N–H and O–H groups in total. The maximum atomic E-state index is 12.8. The van der Waals surface area contributed by atoms with E-state index in [-0.39, 0.29) is 38.0 Å². The molecule has 0 bridgehead atoms. The normalized spacial score (nSPS) is 12.4. The third-order valence-electron chi connectivity index (χ3n) is 15.2. The van der Waals surface area contributed by atoms with Crippen LogP contribution in [0.25, 0.3) is 43.8 Å². The first kappa shape index (κ1) is 75.1. The summed E-state index contributed by atoms with van der Waals surface area (Å²) in [5.41, 5.74) is 7.60. The minimum atomic E-state index is -1.06. The first-order valence-electron chi connectivity index (χ1n) is 32.2. The van der Waals surface area contributed by atoms with Gasteiger partial charge in [0.2, 0.25) is 0 Å². The molecule has 1 aliphatic carbocycles. The molecule has 18 nitrogen and oxygen atoms in total. The molecule has 0 saturated carbocycles. The lowest BCUT2D eigenvalue weighted by molar-refractivity contribution is -0.498. The van der Waals surface area contributed by atoms with Crippen molar-refractivity contribution >= 4 is 76.1 Å². The van der Waals surface area contributed by atoms with Gasteiger partial charge in [0.15, 0.2) is 13.1 Å². The molecule has 0 radical (unpaired) electrons. The van der Waals surface area contributed by atoms with Crippen molar-refractivity contribution in [3.63, 3.8) is 0 Å². The Morgan fingerprint density at radius 2 is 0.979 bits per heavy atom. The topological polar surface area (TPSA) is 213 Å². The summed E-state index contributed by atoms with van der Waals surface area (Å²) in [5, 5.41) is 25.2. The summed E-state index contributed by atoms with van der Waals surface area (Å²) < 4.78 is 28.4. The van der Waals surface area contributed by atoms with E-state index in [2.05, 4.69) is 55.4 Å². The molecule has 0 saturated heterocycles. The Kier molecular flexibility index (Phi) is 27.4. The summed E-state index contributed by atoms with van der Waals surface area (Å²) in [7, 11) is 0. The number of carbonyl (C=O) groups excluding carboxylic acids is 5. The number of carbonyl (C=O) groups is 6. The molecule has 5 aromatic carbocycles. The zero-order valence-corrected chi connectivity index (χ0v) is 57.1. The Hall–Kier alpha value is -9.91. The van der Waals surface area contributed by atoms with Crippen LogP contribution in [0.15, 0.2) is 191 Å². The molecule has 3 aromatic heterocycles. The van der Waals surface area contributed by atoms with Crippen LogP contribution in [0.4, 0.5) is 19.2 Å². The number of alkyl carbamates (subject to hydrolysis) is 1. The maximum Gasteiger partial charge on any atom is 0.419 e. The Morgan fingerprint density at radius 3 is 1.38 bits per heavy atom. The van der Waals surface area contributed by atoms with Gasteiger partial charge in [0, 0.05) is 79.9 Å². The van der Waals surface area contributed by atoms with E-state index in [4.69, 9.17) is 18.9 Å². The highest BCUT2D eigenvalue weighted by Gasteiger charge is 2.31. The van der Waals surface area contributed by atoms with Gasteiger partial charge in [-0.1, -0.05) is 128 Å². The van der Waals surface area contributed by atoms with Gasteiger partial charge in [0.05, 0.1) is 22.5 Å². The summed E-state index contributed by atoms with van der Waals surface area (Å²) in [6.07, 6.45) is 13.3. The fourth-order valence-electron chi connectivity index (χ4n) is 11.1. The molecule has 0 aliphatic heterocycles. The lowest BCUT2D eigenvalue weighted by Crippen LogP contribution is -2.35. The number of aliphatic carboxylic acids is 1. The van der Waals surface area contributed by atoms with Gasteiger partial charge in [0.25, 0.3) is 0 Å². The van der Waals surface area contributed by atoms with E-state index in [1.807, 2.05) is 174 Å². The van der Waals surface area contributed by atoms with E-state index < -0.39 is 53.1 Å². The summed E-state index contributed by atoms with van der Waals surface area (Å²) in [4.78, 5) is 75.2. The van der Waals surface area contributed by atoms with E-state index in [0.717, 1.165) is 99.6 Å². The van der Waals surface area contributed by atoms with Gasteiger partial charge in [-0.3, -0.25) is 23.4 Å². The second kappa shape index (κ2) is 35.0. The SMILES string of the molecule is C=CCN(CC=C)C[C@H](CO)Cc1cn(C(=O)OC(C)(C)C)c2ccccc12.C=CC[N+](=C)CC=C.CC(C)(C)OC(=O)n1cc(CCC=O)c2ccccc21.CC(C)(C)OC(=O)n1cc(C[C@H](CNC(=O)OCC2c3ccccc3-c3ccccc32)C(=O)O)c2ccccc21. The number of nitrogens with one attached hydrogen (secondary N) is 1. The number of ether oxygens (including phenoxy) is 4. The van der Waals surface area contributed by atoms with Crippen molar-refractivity contribution in [2.75, 3.05) is 52.5 Å². The fourth-order valence-corrected chi connectivity index (χ4v) is 11.1. The van der Waals surface area contributed by atoms with Crippen LogP contribution in [0.3, 0.4) is 0 Å². The number of carboxylic acid groups (broad SMARTS) is 1. The van der Waals surface area contributed by atoms with Crippen LogP contribution < -0.4 is 5.32 Å². The highest BCUT2D eigenvalue weighted by Crippen LogP contribution is 2.44. The van der Waals surface area contributed by atoms with E-state index in [9.17, 15) is 39.0 Å². The van der Waals surface area contributed by atoms with Gasteiger partial charge in [-0.05, 0) is 157 Å². The molecule has 2 atom stereocenters. The van der Waals surface area contributed by atoms with Crippen LogP contribution in [0.2, 0.25) is 0 Å². The Balaban J connectivity index is 0.000000226. The van der Waals surface area contributed by atoms with Crippen molar-refractivity contribution in [1.29, 1.82) is 0 Å². The number of hydrogen-bond acceptors (Lipinski definition) is 12. The van der Waals surface area contributed by atoms with Crippen molar-refractivity contribution in [1.82, 2.24) is 23.9 Å². The van der Waals surface area contributed by atoms with Gasteiger partial charge >= 0.3 is 30.3 Å². The molecule has 0 fully saturated rings. The molecular formula is C78H95N6O12+. The second-order valence-electron chi connectivity index (χ2n) is 26.4. The molecule has 18 heteroatoms. The van der Waals surface area contributed by atoms with Crippen molar-refractivity contribution in [3.8, 4) is 11.1 Å². The molecule has 3 heterocycles. The summed E-state index contributed by atoms with van der Waals surface area (Å²) in [5.74, 6) is -2.04. The molecule has 0 unspecified atom stereocenters. The van der Waals surface area contributed by atoms with Crippen LogP contribution in [0.1, 0.15) is 102 Å². The first-order chi connectivity index (χ1) is 45.6. The van der Waals surface area contributed by atoms with Gasteiger partial charge in [-0.2, -0.15) is 0 Å². The standard InChI is InChI=1S/C32H32N2O6.C23H32N2O3.C16H19NO3.C7H12N/c1-32(2,3)40-31(38)34-18-21(22-10-8-9-15-28(22)34)16-20(29(35)36)17-33-30(37)39-19-27-25-13-6-4-11-23(25)24-12-5-7-14-26(24)27;1-6-12-24(13-7-2)15-18(17-26)14-19-16-25(22(27)28-23(3,4)5)21-11-9-8-10-20(19)21;1-16(2,3)20-15(19)17-11-12(7-6-10-18)13-8-4-5-9-14(13)17;1-4-6-8(3)7-5-2/h4-15,18,20,27H,16-17,19H2,1-3H3,(H,33,37)(H,35,36);6-11,16,18,26H,1-2,12-15,17H2,3-5H3;4-5,8-11H,6-7H2,1-3H3;4-5H,1-3,6-7H2/q;;;+1/t20-;18-;;/m11../s1. The minimum Gasteiger partial charge on any atom is -0.481 e. The first-order valence-corrected chi connectivity index (χ1v) is 32.2. The third kappa shape index (κ3) is 21.6. The second-order valence-corrected chi connectivity index (χ2v) is 26.4. The number of amides is 1. The molecule has 1 amide bonds. The number of para-hydroxylation sites is 3. The predicted molar refractivity (Wildman–Crippen MR) is 382 cm³/mol. The molecule has 9 rings (SSSR count). The number of aryl methyl sites for hydroxylation is 1. The smallest absolute Gasteiger partial charge is 0.419 e. The van der Waals surface area contributed by atoms with Gasteiger partial charge < -0.3 is 39.3 Å². The molecule has 96 heavy (non-hydrogen) atoms. The van der Waals surface area contributed by atoms with Crippen LogP contribution in [-0.2, 0) is 47.8 Å². The number of fused-ring (bicyclic) bond motifs is 6. The van der Waals surface area contributed by atoms with Crippen LogP contribution in [0, 0.1) is 11.8 Å². The number of aromatic nitrogens is 3. The molecule has 508 valence electrons. The number of aliphatic hydroxyl groups is 1. The van der Waals surface area contributed by atoms with Crippen LogP contribution in [0.5, 0.6) is 0 Å². The Bertz CT molecular complexity index is 3970. The number of aldehydes is 1. The Labute approximate surface area is 564 Å². The number of benzene rings is 5. The van der Waals surface area contributed by atoms with E-state index >= 15 is 0 Å². The largest absolute Gasteiger partial charge is 0.481 e. The van der Waals surface area contributed by atoms with E-state index in [1.165, 1.54) is 9.13 Å². The monoisotopic (exact) mass is 1310 g/mol. The quantitative estimate of drug-likeness (QED) is 0.0179. The van der Waals surface area contributed by atoms with E-state index in [0.29, 0.717) is 30.3 Å². The molecular weight excluding hydrogens is 1210 g/mol. The van der Waals surface area contributed by atoms with E-state index in [1.54, 1.807) is 49.9 Å². The average molecular weight is 1310 g/mol. The number of carboxylic acids is 1. The van der Waals surface area contributed by atoms with Crippen molar-refractivity contribution < 1.29 is 62.5 Å². The third-order valence-corrected chi connectivity index (χ3v) is 15.2. The van der Waals surface area contributed by atoms with Crippen molar-refractivity contribution in [2.24, 2.45) is 11.8 Å². The number of nitrogens with zero attached hydrogens (tertiary/aromatic N) is 5. The number of rotatable bonds is 23. The van der Waals surface area contributed by atoms with Gasteiger partial charge in [-0.25, -0.2) is 23.8 Å². The zero-order chi connectivity index (χ0) is 70.3. The highest BCUT2D eigenvalue weighted by molar-refractivity contribution is 5.94. The van der Waals surface area contributed by atoms with Gasteiger partial charge in [-0.15, -0.1) is 13.2 Å².